The van der Waals surface area contributed by atoms with Crippen LogP contribution in [0.5, 0.6) is 0 Å². The molecule has 4 nitrogen and oxygen atoms in total. The van der Waals surface area contributed by atoms with E-state index in [1.165, 1.54) is 12.5 Å². The predicted molar refractivity (Wildman–Crippen MR) is 55.7 cm³/mol. The van der Waals surface area contributed by atoms with Gasteiger partial charge in [-0.25, -0.2) is 0 Å². The van der Waals surface area contributed by atoms with E-state index in [0.717, 1.165) is 0 Å². The summed E-state index contributed by atoms with van der Waals surface area (Å²) in [5.41, 5.74) is 0. The maximum Gasteiger partial charge on any atom is 0.0829 e. The van der Waals surface area contributed by atoms with E-state index in [1.807, 2.05) is 0 Å². The van der Waals surface area contributed by atoms with Gasteiger partial charge in [0.15, 0.2) is 0 Å². The molecule has 0 rings (SSSR count). The Bertz CT molecular complexity index is 118. The van der Waals surface area contributed by atoms with Crippen LogP contribution in [0.1, 0.15) is 13.8 Å². The van der Waals surface area contributed by atoms with E-state index in [9.17, 15) is 0 Å². The second-order valence-corrected chi connectivity index (χ2v) is 2.70. The zero-order chi connectivity index (χ0) is 11.4. The van der Waals surface area contributed by atoms with Gasteiger partial charge >= 0.3 is 0 Å². The molecule has 0 saturated carbocycles. The highest BCUT2D eigenvalue weighted by Crippen LogP contribution is 1.85. The highest BCUT2D eigenvalue weighted by Gasteiger charge is 1.97. The van der Waals surface area contributed by atoms with Crippen molar-refractivity contribution in [2.75, 3.05) is 13.2 Å². The molecule has 84 valence electrons. The lowest BCUT2D eigenvalue weighted by Crippen LogP contribution is -2.16. The van der Waals surface area contributed by atoms with E-state index in [-0.39, 0.29) is 0 Å². The first kappa shape index (κ1) is 15.6. The van der Waals surface area contributed by atoms with E-state index in [0.29, 0.717) is 13.2 Å². The average Bonchev–Trinajstić information content (AvgIpc) is 2.05. The van der Waals surface area contributed by atoms with Crippen LogP contribution in [-0.2, 0) is 9.47 Å². The molecule has 0 aliphatic heterocycles. The molecule has 0 aliphatic carbocycles. The Morgan fingerprint density at radius 2 is 1.43 bits per heavy atom. The van der Waals surface area contributed by atoms with Gasteiger partial charge in [0.1, 0.15) is 0 Å². The van der Waals surface area contributed by atoms with Gasteiger partial charge in [0.2, 0.25) is 0 Å². The molecule has 0 spiro atoms. The van der Waals surface area contributed by atoms with Crippen LogP contribution in [0.2, 0.25) is 0 Å². The minimum atomic E-state index is -0.441. The molecule has 0 fully saturated rings. The van der Waals surface area contributed by atoms with Crippen LogP contribution in [0.3, 0.4) is 0 Å². The molecule has 0 bridgehead atoms. The Balaban J connectivity index is 0. The van der Waals surface area contributed by atoms with Crippen molar-refractivity contribution in [1.29, 1.82) is 0 Å². The van der Waals surface area contributed by atoms with Crippen molar-refractivity contribution in [3.63, 3.8) is 0 Å². The largest absolute Gasteiger partial charge is 0.474 e. The Morgan fingerprint density at radius 3 is 1.57 bits per heavy atom. The van der Waals surface area contributed by atoms with Crippen LogP contribution in [0.4, 0.5) is 0 Å². The molecule has 0 aromatic rings. The van der Waals surface area contributed by atoms with Gasteiger partial charge in [0.05, 0.1) is 37.9 Å². The standard InChI is InChI=1S/C6H14O3.C4H6O/c1-5(7)3-9-4-6(2)8;1-3-5-4-2/h5-8H,3-4H2,1-2H3;3-4H,1-2H2. The molecule has 0 aromatic heterocycles. The fourth-order valence-electron chi connectivity index (χ4n) is 0.477. The zero-order valence-corrected chi connectivity index (χ0v) is 8.85. The lowest BCUT2D eigenvalue weighted by Gasteiger charge is -2.06. The van der Waals surface area contributed by atoms with Crippen LogP contribution < -0.4 is 0 Å². The predicted octanol–water partition coefficient (Wildman–Crippen LogP) is 1.05. The minimum absolute atomic E-state index is 0.297. The van der Waals surface area contributed by atoms with Gasteiger partial charge in [-0.1, -0.05) is 13.2 Å². The van der Waals surface area contributed by atoms with Crippen LogP contribution in [-0.4, -0.2) is 35.6 Å². The summed E-state index contributed by atoms with van der Waals surface area (Å²) in [6.07, 6.45) is 1.74. The van der Waals surface area contributed by atoms with Crippen LogP contribution in [0, 0.1) is 0 Å². The molecule has 2 atom stereocenters. The van der Waals surface area contributed by atoms with Gasteiger partial charge < -0.3 is 19.7 Å². The summed E-state index contributed by atoms with van der Waals surface area (Å²) in [4.78, 5) is 0. The summed E-state index contributed by atoms with van der Waals surface area (Å²) in [6, 6.07) is 0. The lowest BCUT2D eigenvalue weighted by atomic mass is 10.4. The fourth-order valence-corrected chi connectivity index (χ4v) is 0.477. The molecule has 0 aliphatic rings. The van der Waals surface area contributed by atoms with Gasteiger partial charge in [-0.05, 0) is 13.8 Å². The summed E-state index contributed by atoms with van der Waals surface area (Å²) in [7, 11) is 0. The van der Waals surface area contributed by atoms with E-state index in [2.05, 4.69) is 17.9 Å². The molecule has 14 heavy (non-hydrogen) atoms. The quantitative estimate of drug-likeness (QED) is 0.635. The zero-order valence-electron chi connectivity index (χ0n) is 8.85. The molecule has 2 N–H and O–H groups in total. The van der Waals surface area contributed by atoms with Crippen molar-refractivity contribution < 1.29 is 19.7 Å². The Hall–Kier alpha value is -0.840. The van der Waals surface area contributed by atoms with Gasteiger partial charge in [-0.3, -0.25) is 0 Å². The van der Waals surface area contributed by atoms with E-state index >= 15 is 0 Å². The highest BCUT2D eigenvalue weighted by molar-refractivity contribution is 4.57. The van der Waals surface area contributed by atoms with Crippen LogP contribution >= 0.6 is 0 Å². The first-order valence-corrected chi connectivity index (χ1v) is 4.35. The lowest BCUT2D eigenvalue weighted by molar-refractivity contribution is 0.00392. The second-order valence-electron chi connectivity index (χ2n) is 2.70. The molecule has 0 amide bonds. The van der Waals surface area contributed by atoms with E-state index in [1.54, 1.807) is 13.8 Å². The number of ether oxygens (including phenoxy) is 2. The van der Waals surface area contributed by atoms with Crippen molar-refractivity contribution in [3.8, 4) is 0 Å². The van der Waals surface area contributed by atoms with Crippen LogP contribution in [0.25, 0.3) is 0 Å². The fraction of sp³-hybridized carbons (Fsp3) is 0.600. The third-order valence-electron chi connectivity index (χ3n) is 0.911. The third-order valence-corrected chi connectivity index (χ3v) is 0.911. The van der Waals surface area contributed by atoms with Crippen molar-refractivity contribution in [2.24, 2.45) is 0 Å². The van der Waals surface area contributed by atoms with Gasteiger partial charge in [0, 0.05) is 0 Å². The maximum absolute atomic E-state index is 8.66. The Morgan fingerprint density at radius 1 is 1.07 bits per heavy atom. The van der Waals surface area contributed by atoms with Gasteiger partial charge in [0.25, 0.3) is 0 Å². The van der Waals surface area contributed by atoms with Crippen molar-refractivity contribution in [3.05, 3.63) is 25.7 Å². The van der Waals surface area contributed by atoms with Crippen molar-refractivity contribution in [1.82, 2.24) is 0 Å². The summed E-state index contributed by atoms with van der Waals surface area (Å²) < 4.78 is 9.22. The number of hydrogen-bond donors (Lipinski definition) is 2. The normalized spacial score (nSPS) is 13.1. The minimum Gasteiger partial charge on any atom is -0.474 e. The number of aliphatic hydroxyl groups is 2. The Kier molecular flexibility index (Phi) is 13.6. The first-order valence-electron chi connectivity index (χ1n) is 4.35. The molecule has 0 heterocycles. The topological polar surface area (TPSA) is 58.9 Å². The van der Waals surface area contributed by atoms with E-state index in [4.69, 9.17) is 14.9 Å². The molecular weight excluding hydrogens is 184 g/mol. The van der Waals surface area contributed by atoms with Gasteiger partial charge in [-0.2, -0.15) is 0 Å². The first-order chi connectivity index (χ1) is 6.54. The molecule has 0 aromatic carbocycles. The summed E-state index contributed by atoms with van der Waals surface area (Å²) >= 11 is 0. The second kappa shape index (κ2) is 12.2. The molecular formula is C10H20O4. The summed E-state index contributed by atoms with van der Waals surface area (Å²) in [5, 5.41) is 17.3. The molecule has 0 radical (unpaired) electrons. The van der Waals surface area contributed by atoms with E-state index < -0.39 is 12.2 Å². The summed E-state index contributed by atoms with van der Waals surface area (Å²) in [5.74, 6) is 0. The maximum atomic E-state index is 8.66. The van der Waals surface area contributed by atoms with Crippen LogP contribution in [0.15, 0.2) is 25.7 Å². The summed E-state index contributed by atoms with van der Waals surface area (Å²) in [6.45, 7) is 10.4. The highest BCUT2D eigenvalue weighted by atomic mass is 16.5. The molecule has 0 saturated heterocycles. The number of hydrogen-bond acceptors (Lipinski definition) is 4. The SMILES string of the molecule is C=COC=C.CC(O)COCC(C)O. The number of aliphatic hydroxyl groups excluding tert-OH is 2. The monoisotopic (exact) mass is 204 g/mol. The average molecular weight is 204 g/mol. The Labute approximate surface area is 85.5 Å². The van der Waals surface area contributed by atoms with Crippen molar-refractivity contribution in [2.45, 2.75) is 26.1 Å². The van der Waals surface area contributed by atoms with Gasteiger partial charge in [-0.15, -0.1) is 0 Å². The smallest absolute Gasteiger partial charge is 0.0829 e. The van der Waals surface area contributed by atoms with Crippen molar-refractivity contribution >= 4 is 0 Å². The molecule has 2 unspecified atom stereocenters. The molecule has 4 heteroatoms. The third kappa shape index (κ3) is 22.5. The number of rotatable bonds is 6.